The van der Waals surface area contributed by atoms with Crippen LogP contribution in [-0.2, 0) is 11.2 Å². The van der Waals surface area contributed by atoms with Crippen molar-refractivity contribution < 1.29 is 19.4 Å². The molecule has 2 aromatic carbocycles. The number of methoxy groups -OCH3 is 1. The lowest BCUT2D eigenvalue weighted by atomic mass is 9.82. The van der Waals surface area contributed by atoms with Gasteiger partial charge in [-0.2, -0.15) is 0 Å². The highest BCUT2D eigenvalue weighted by Gasteiger charge is 2.52. The van der Waals surface area contributed by atoms with Crippen LogP contribution in [0.2, 0.25) is 0 Å². The first kappa shape index (κ1) is 27.5. The van der Waals surface area contributed by atoms with Crippen molar-refractivity contribution in [1.29, 1.82) is 0 Å². The van der Waals surface area contributed by atoms with Gasteiger partial charge in [-0.15, -0.1) is 0 Å². The van der Waals surface area contributed by atoms with Crippen LogP contribution in [0.3, 0.4) is 0 Å². The third-order valence-corrected chi connectivity index (χ3v) is 9.09. The average Bonchev–Trinajstić information content (AvgIpc) is 3.32. The van der Waals surface area contributed by atoms with Crippen molar-refractivity contribution in [3.63, 3.8) is 0 Å². The summed E-state index contributed by atoms with van der Waals surface area (Å²) >= 11 is 0. The number of nitrogens with zero attached hydrogens (tertiary/aromatic N) is 2. The number of fused-ring (bicyclic) bond motifs is 2. The van der Waals surface area contributed by atoms with E-state index in [1.165, 1.54) is 0 Å². The molecule has 4 unspecified atom stereocenters. The molecule has 2 heterocycles. The zero-order valence-corrected chi connectivity index (χ0v) is 24.0. The predicted molar refractivity (Wildman–Crippen MR) is 152 cm³/mol. The first-order chi connectivity index (χ1) is 18.5. The van der Waals surface area contributed by atoms with Gasteiger partial charge in [0.25, 0.3) is 5.91 Å². The van der Waals surface area contributed by atoms with E-state index in [-0.39, 0.29) is 23.5 Å². The Labute approximate surface area is 231 Å². The van der Waals surface area contributed by atoms with Crippen molar-refractivity contribution >= 4 is 11.9 Å². The van der Waals surface area contributed by atoms with Crippen molar-refractivity contribution in [1.82, 2.24) is 10.2 Å². The van der Waals surface area contributed by atoms with Crippen LogP contribution in [0.4, 0.5) is 0 Å². The highest BCUT2D eigenvalue weighted by Crippen LogP contribution is 2.50. The van der Waals surface area contributed by atoms with Gasteiger partial charge < -0.3 is 30.5 Å². The van der Waals surface area contributed by atoms with Crippen LogP contribution in [-0.4, -0.2) is 58.4 Å². The zero-order valence-electron chi connectivity index (χ0n) is 24.0. The number of nitrogens with one attached hydrogen (secondary N) is 1. The smallest absolute Gasteiger partial charge is 0.251 e. The van der Waals surface area contributed by atoms with Gasteiger partial charge in [-0.1, -0.05) is 38.1 Å². The minimum Gasteiger partial charge on any atom is -0.482 e. The summed E-state index contributed by atoms with van der Waals surface area (Å²) in [5.41, 5.74) is 8.12. The molecular weight excluding hydrogens is 492 g/mol. The summed E-state index contributed by atoms with van der Waals surface area (Å²) in [5, 5.41) is 14.2. The quantitative estimate of drug-likeness (QED) is 0.490. The molecule has 5 atom stereocenters. The van der Waals surface area contributed by atoms with Crippen LogP contribution < -0.4 is 15.8 Å². The van der Waals surface area contributed by atoms with E-state index < -0.39 is 17.2 Å². The van der Waals surface area contributed by atoms with Crippen molar-refractivity contribution in [2.45, 2.75) is 95.2 Å². The van der Waals surface area contributed by atoms with E-state index in [0.29, 0.717) is 30.3 Å². The second-order valence-corrected chi connectivity index (χ2v) is 12.0. The van der Waals surface area contributed by atoms with Gasteiger partial charge in [-0.3, -0.25) is 4.79 Å². The number of aliphatic imine (C=N–C) groups is 1. The molecule has 4 N–H and O–H groups in total. The number of guanidine groups is 1. The molecule has 2 aromatic rings. The van der Waals surface area contributed by atoms with Crippen LogP contribution in [0.5, 0.6) is 5.75 Å². The first-order valence-corrected chi connectivity index (χ1v) is 14.0. The number of aliphatic hydroxyl groups is 1. The van der Waals surface area contributed by atoms with Crippen molar-refractivity contribution in [3.05, 3.63) is 64.7 Å². The fourth-order valence-electron chi connectivity index (χ4n) is 7.02. The Kier molecular flexibility index (Phi) is 6.92. The third-order valence-electron chi connectivity index (χ3n) is 9.09. The SMILES string of the molecule is CCC1(CC)CC(C)N([C@H]2c3cc(C(=O)NC4c5ccccc5CC4(C)O)ccc3OC2(C)COC)C(N)=N1. The summed E-state index contributed by atoms with van der Waals surface area (Å²) in [5.74, 6) is 0.954. The normalized spacial score (nSPS) is 30.8. The number of hydrogen-bond acceptors (Lipinski definition) is 7. The summed E-state index contributed by atoms with van der Waals surface area (Å²) in [6.45, 7) is 10.7. The molecule has 210 valence electrons. The van der Waals surface area contributed by atoms with Gasteiger partial charge in [0, 0.05) is 30.7 Å². The topological polar surface area (TPSA) is 109 Å². The lowest BCUT2D eigenvalue weighted by Gasteiger charge is -2.48. The second-order valence-electron chi connectivity index (χ2n) is 12.0. The van der Waals surface area contributed by atoms with Gasteiger partial charge in [-0.05, 0) is 69.4 Å². The third kappa shape index (κ3) is 4.57. The first-order valence-electron chi connectivity index (χ1n) is 14.0. The number of rotatable bonds is 7. The summed E-state index contributed by atoms with van der Waals surface area (Å²) in [4.78, 5) is 20.8. The van der Waals surface area contributed by atoms with Crippen LogP contribution in [0.1, 0.15) is 93.0 Å². The van der Waals surface area contributed by atoms with E-state index in [1.807, 2.05) is 43.3 Å². The standard InChI is InChI=1S/C31H42N4O4/c1-7-31(8-2)16-19(3)35(28(32)34-31)26-23-15-20(13-14-24(23)39-30(26,5)18-38-6)27(36)33-25-22-12-10-9-11-21(22)17-29(25,4)37/h9-15,19,25-26,37H,7-8,16-18H2,1-6H3,(H2,32,34)(H,33,36)/t19?,25?,26-,29?,30?/m0/s1. The van der Waals surface area contributed by atoms with Crippen molar-refractivity contribution in [2.24, 2.45) is 10.7 Å². The Morgan fingerprint density at radius 3 is 2.59 bits per heavy atom. The van der Waals surface area contributed by atoms with Gasteiger partial charge in [0.1, 0.15) is 11.8 Å². The number of hydrogen-bond donors (Lipinski definition) is 3. The van der Waals surface area contributed by atoms with Crippen LogP contribution in [0.15, 0.2) is 47.5 Å². The number of nitrogens with two attached hydrogens (primary N) is 1. The lowest BCUT2D eigenvalue weighted by molar-refractivity contribution is -0.0363. The summed E-state index contributed by atoms with van der Waals surface area (Å²) in [7, 11) is 1.66. The molecule has 0 saturated heterocycles. The van der Waals surface area contributed by atoms with Crippen molar-refractivity contribution in [3.8, 4) is 5.75 Å². The number of amides is 1. The molecule has 39 heavy (non-hydrogen) atoms. The Morgan fingerprint density at radius 2 is 1.92 bits per heavy atom. The van der Waals surface area contributed by atoms with E-state index >= 15 is 0 Å². The van der Waals surface area contributed by atoms with Gasteiger partial charge >= 0.3 is 0 Å². The van der Waals surface area contributed by atoms with Crippen LogP contribution in [0, 0.1) is 0 Å². The molecule has 0 radical (unpaired) electrons. The Bertz CT molecular complexity index is 1290. The zero-order chi connectivity index (χ0) is 28.2. The molecule has 0 spiro atoms. The molecule has 8 heteroatoms. The van der Waals surface area contributed by atoms with Gasteiger partial charge in [0.05, 0.1) is 23.8 Å². The Hall–Kier alpha value is -3.10. The highest BCUT2D eigenvalue weighted by atomic mass is 16.5. The predicted octanol–water partition coefficient (Wildman–Crippen LogP) is 4.27. The molecule has 0 bridgehead atoms. The number of carbonyl (C=O) groups is 1. The van der Waals surface area contributed by atoms with Crippen molar-refractivity contribution in [2.75, 3.05) is 13.7 Å². The fourth-order valence-corrected chi connectivity index (χ4v) is 7.02. The van der Waals surface area contributed by atoms with Crippen LogP contribution in [0.25, 0.3) is 0 Å². The molecule has 1 aliphatic carbocycles. The summed E-state index contributed by atoms with van der Waals surface area (Å²) in [6.07, 6.45) is 3.22. The van der Waals surface area contributed by atoms with Gasteiger partial charge in [0.15, 0.2) is 11.6 Å². The van der Waals surface area contributed by atoms with E-state index in [0.717, 1.165) is 36.0 Å². The summed E-state index contributed by atoms with van der Waals surface area (Å²) in [6, 6.07) is 12.7. The maximum absolute atomic E-state index is 13.6. The molecule has 2 aliphatic heterocycles. The summed E-state index contributed by atoms with van der Waals surface area (Å²) < 4.78 is 12.1. The molecule has 8 nitrogen and oxygen atoms in total. The fraction of sp³-hybridized carbons (Fsp3) is 0.548. The maximum atomic E-state index is 13.6. The largest absolute Gasteiger partial charge is 0.482 e. The Morgan fingerprint density at radius 1 is 1.21 bits per heavy atom. The number of carbonyl (C=O) groups excluding carboxylic acids is 1. The monoisotopic (exact) mass is 534 g/mol. The molecule has 5 rings (SSSR count). The van der Waals surface area contributed by atoms with Gasteiger partial charge in [-0.25, -0.2) is 4.99 Å². The molecule has 3 aliphatic rings. The molecule has 0 aromatic heterocycles. The van der Waals surface area contributed by atoms with Gasteiger partial charge in [0.2, 0.25) is 0 Å². The highest BCUT2D eigenvalue weighted by molar-refractivity contribution is 5.95. The maximum Gasteiger partial charge on any atom is 0.251 e. The molecule has 0 saturated carbocycles. The van der Waals surface area contributed by atoms with E-state index in [4.69, 9.17) is 20.2 Å². The number of ether oxygens (including phenoxy) is 2. The lowest BCUT2D eigenvalue weighted by Crippen LogP contribution is -2.58. The van der Waals surface area contributed by atoms with Crippen LogP contribution >= 0.6 is 0 Å². The molecule has 1 amide bonds. The number of benzene rings is 2. The van der Waals surface area contributed by atoms with E-state index in [1.54, 1.807) is 20.1 Å². The average molecular weight is 535 g/mol. The second kappa shape index (κ2) is 9.82. The van der Waals surface area contributed by atoms with E-state index in [2.05, 4.69) is 31.0 Å². The minimum absolute atomic E-state index is 0.112. The molecular formula is C31H42N4O4. The molecule has 0 fully saturated rings. The minimum atomic E-state index is -1.07. The van der Waals surface area contributed by atoms with E-state index in [9.17, 15) is 9.90 Å². The Balaban J connectivity index is 1.50.